The number of fused-ring (bicyclic) bond motifs is 4. The SMILES string of the molecule is CN1CCN([C@@H]2CCCN(c3cnc(C(N)=O)c(Nc4ccc5c(c4)CN(C[C@@H]4Cc6ccc7c(C8CCC(=O)NC8=O)noc7c6C4)C5)n3)C2)C1=O. The van der Waals surface area contributed by atoms with E-state index >= 15 is 0 Å². The standard InChI is InChI=1S/C38H42N10O5/c1-45-11-12-48(38(45)52)26-3-2-10-47(20-26)30-16-40-33(35(39)50)36(42-30)41-25-6-4-23-18-46(19-24(23)15-25)17-21-13-22-5-7-27-32(44-53-34(27)29(22)14-21)28-8-9-31(49)43-37(28)51/h4-7,15-16,21,26,28H,2-3,8-14,17-20H2,1H3,(H2,39,50)(H,41,42)(H,43,49,51)/t21-,26-,28?/m1/s1. The summed E-state index contributed by atoms with van der Waals surface area (Å²) in [7, 11) is 1.83. The molecule has 4 aliphatic heterocycles. The number of piperidine rings is 2. The molecule has 5 aliphatic rings. The van der Waals surface area contributed by atoms with Crippen LogP contribution in [0, 0.1) is 5.92 Å². The second-order valence-electron chi connectivity index (χ2n) is 15.1. The minimum atomic E-state index is -0.659. The molecule has 1 aliphatic carbocycles. The third kappa shape index (κ3) is 6.11. The van der Waals surface area contributed by atoms with Crippen molar-refractivity contribution in [2.75, 3.05) is 50.0 Å². The molecule has 15 nitrogen and oxygen atoms in total. The average molecular weight is 719 g/mol. The number of likely N-dealkylation sites (N-methyl/N-ethyl adjacent to an activating group) is 1. The minimum Gasteiger partial charge on any atom is -0.364 e. The zero-order valence-corrected chi connectivity index (χ0v) is 29.6. The Morgan fingerprint density at radius 3 is 2.70 bits per heavy atom. The molecule has 2 aromatic heterocycles. The first-order valence-electron chi connectivity index (χ1n) is 18.5. The van der Waals surface area contributed by atoms with Crippen LogP contribution < -0.4 is 21.3 Å². The van der Waals surface area contributed by atoms with E-state index in [4.69, 9.17) is 15.2 Å². The van der Waals surface area contributed by atoms with Crippen molar-refractivity contribution < 1.29 is 23.7 Å². The lowest BCUT2D eigenvalue weighted by Crippen LogP contribution is -2.49. The Labute approximate surface area is 305 Å². The van der Waals surface area contributed by atoms with Gasteiger partial charge in [-0.3, -0.25) is 24.6 Å². The Morgan fingerprint density at radius 1 is 1.04 bits per heavy atom. The van der Waals surface area contributed by atoms with Gasteiger partial charge < -0.3 is 30.3 Å². The molecule has 53 heavy (non-hydrogen) atoms. The smallest absolute Gasteiger partial charge is 0.320 e. The number of urea groups is 1. The number of carbonyl (C=O) groups is 4. The Bertz CT molecular complexity index is 2170. The van der Waals surface area contributed by atoms with Crippen LogP contribution in [0.15, 0.2) is 41.1 Å². The highest BCUT2D eigenvalue weighted by Crippen LogP contribution is 2.39. The van der Waals surface area contributed by atoms with E-state index in [0.717, 1.165) is 87.2 Å². The van der Waals surface area contributed by atoms with Gasteiger partial charge in [0, 0.05) is 75.9 Å². The number of nitrogens with two attached hydrogens (primary N) is 1. The van der Waals surface area contributed by atoms with E-state index < -0.39 is 11.8 Å². The molecule has 15 heteroatoms. The van der Waals surface area contributed by atoms with E-state index in [2.05, 4.69) is 48.8 Å². The van der Waals surface area contributed by atoms with Crippen LogP contribution in [0.2, 0.25) is 0 Å². The molecular formula is C38H42N10O5. The van der Waals surface area contributed by atoms with E-state index in [1.807, 2.05) is 24.1 Å². The summed E-state index contributed by atoms with van der Waals surface area (Å²) in [5.74, 6) is -0.343. The lowest BCUT2D eigenvalue weighted by Gasteiger charge is -2.37. The van der Waals surface area contributed by atoms with E-state index in [1.54, 1.807) is 11.1 Å². The van der Waals surface area contributed by atoms with E-state index in [-0.39, 0.29) is 29.6 Å². The molecule has 274 valence electrons. The first kappa shape index (κ1) is 33.3. The fourth-order valence-corrected chi connectivity index (χ4v) is 8.94. The summed E-state index contributed by atoms with van der Waals surface area (Å²) in [5.41, 5.74) is 12.9. The molecule has 0 spiro atoms. The number of carbonyl (C=O) groups excluding carboxylic acids is 4. The number of nitrogens with zero attached hydrogens (tertiary/aromatic N) is 7. The number of rotatable bonds is 8. The molecule has 2 aromatic carbocycles. The van der Waals surface area contributed by atoms with Gasteiger partial charge in [0.25, 0.3) is 5.91 Å². The second kappa shape index (κ2) is 13.1. The van der Waals surface area contributed by atoms with Crippen molar-refractivity contribution in [1.29, 1.82) is 0 Å². The number of hydrogen-bond donors (Lipinski definition) is 3. The molecule has 0 bridgehead atoms. The zero-order chi connectivity index (χ0) is 36.4. The fraction of sp³-hybridized carbons (Fsp3) is 0.447. The Kier molecular flexibility index (Phi) is 8.24. The van der Waals surface area contributed by atoms with Crippen molar-refractivity contribution >= 4 is 52.0 Å². The van der Waals surface area contributed by atoms with Gasteiger partial charge in [0.1, 0.15) is 11.5 Å². The van der Waals surface area contributed by atoms with Gasteiger partial charge in [0.2, 0.25) is 11.8 Å². The molecule has 4 N–H and O–H groups in total. The molecule has 6 heterocycles. The summed E-state index contributed by atoms with van der Waals surface area (Å²) < 4.78 is 5.86. The monoisotopic (exact) mass is 718 g/mol. The van der Waals surface area contributed by atoms with Crippen LogP contribution in [0.5, 0.6) is 0 Å². The lowest BCUT2D eigenvalue weighted by molar-refractivity contribution is -0.134. The van der Waals surface area contributed by atoms with Crippen molar-refractivity contribution in [2.45, 2.75) is 63.6 Å². The highest BCUT2D eigenvalue weighted by atomic mass is 16.5. The van der Waals surface area contributed by atoms with Crippen LogP contribution in [-0.2, 0) is 35.5 Å². The predicted octanol–water partition coefficient (Wildman–Crippen LogP) is 3.05. The Balaban J connectivity index is 0.865. The van der Waals surface area contributed by atoms with Crippen LogP contribution in [0.4, 0.5) is 22.1 Å². The van der Waals surface area contributed by atoms with Gasteiger partial charge in [-0.05, 0) is 72.9 Å². The molecule has 4 aromatic rings. The number of anilines is 3. The summed E-state index contributed by atoms with van der Waals surface area (Å²) in [4.78, 5) is 66.9. The first-order valence-corrected chi connectivity index (χ1v) is 18.5. The summed E-state index contributed by atoms with van der Waals surface area (Å²) >= 11 is 0. The number of primary amides is 1. The molecular weight excluding hydrogens is 676 g/mol. The van der Waals surface area contributed by atoms with Crippen LogP contribution in [0.1, 0.15) is 70.0 Å². The number of amides is 5. The minimum absolute atomic E-state index is 0.0628. The van der Waals surface area contributed by atoms with E-state index in [1.165, 1.54) is 16.7 Å². The summed E-state index contributed by atoms with van der Waals surface area (Å²) in [6, 6.07) is 10.5. The molecule has 9 rings (SSSR count). The van der Waals surface area contributed by atoms with Crippen LogP contribution in [0.25, 0.3) is 11.0 Å². The van der Waals surface area contributed by atoms with Gasteiger partial charge in [0.15, 0.2) is 17.1 Å². The normalized spacial score (nSPS) is 23.2. The Morgan fingerprint density at radius 2 is 1.89 bits per heavy atom. The Hall–Kier alpha value is -5.57. The molecule has 3 saturated heterocycles. The van der Waals surface area contributed by atoms with Crippen LogP contribution in [-0.4, -0.2) is 99.4 Å². The van der Waals surface area contributed by atoms with Crippen molar-refractivity contribution in [2.24, 2.45) is 11.7 Å². The maximum atomic E-state index is 12.7. The van der Waals surface area contributed by atoms with Crippen molar-refractivity contribution in [1.82, 2.24) is 35.1 Å². The third-order valence-electron chi connectivity index (χ3n) is 11.6. The number of aromatic nitrogens is 3. The highest BCUT2D eigenvalue weighted by molar-refractivity contribution is 6.02. The number of nitrogens with one attached hydrogen (secondary N) is 2. The first-order chi connectivity index (χ1) is 25.7. The van der Waals surface area contributed by atoms with Crippen molar-refractivity contribution in [3.63, 3.8) is 0 Å². The molecule has 3 fully saturated rings. The maximum absolute atomic E-state index is 12.7. The van der Waals surface area contributed by atoms with Gasteiger partial charge in [0.05, 0.1) is 18.2 Å². The summed E-state index contributed by atoms with van der Waals surface area (Å²) in [6.07, 6.45) is 5.99. The van der Waals surface area contributed by atoms with Gasteiger partial charge in [-0.25, -0.2) is 14.8 Å². The zero-order valence-electron chi connectivity index (χ0n) is 29.6. The van der Waals surface area contributed by atoms with Gasteiger partial charge >= 0.3 is 6.03 Å². The molecule has 0 saturated carbocycles. The molecule has 1 unspecified atom stereocenters. The van der Waals surface area contributed by atoms with Crippen molar-refractivity contribution in [3.8, 4) is 0 Å². The number of benzene rings is 2. The highest BCUT2D eigenvalue weighted by Gasteiger charge is 2.36. The topological polar surface area (TPSA) is 183 Å². The molecule has 0 radical (unpaired) electrons. The lowest BCUT2D eigenvalue weighted by atomic mass is 9.92. The molecule has 3 atom stereocenters. The van der Waals surface area contributed by atoms with Crippen LogP contribution in [0.3, 0.4) is 0 Å². The average Bonchev–Trinajstić information content (AvgIpc) is 3.93. The van der Waals surface area contributed by atoms with Gasteiger partial charge in [-0.15, -0.1) is 0 Å². The summed E-state index contributed by atoms with van der Waals surface area (Å²) in [6.45, 7) is 5.43. The molecule has 5 amide bonds. The van der Waals surface area contributed by atoms with Crippen LogP contribution >= 0.6 is 0 Å². The maximum Gasteiger partial charge on any atom is 0.320 e. The van der Waals surface area contributed by atoms with E-state index in [0.29, 0.717) is 42.6 Å². The van der Waals surface area contributed by atoms with Gasteiger partial charge in [-0.2, -0.15) is 0 Å². The number of imide groups is 1. The quantitative estimate of drug-likeness (QED) is 0.228. The van der Waals surface area contributed by atoms with E-state index in [9.17, 15) is 19.2 Å². The largest absolute Gasteiger partial charge is 0.364 e. The van der Waals surface area contributed by atoms with Gasteiger partial charge in [-0.1, -0.05) is 17.3 Å². The van der Waals surface area contributed by atoms with Crippen molar-refractivity contribution in [3.05, 3.63) is 70.2 Å². The second-order valence-corrected chi connectivity index (χ2v) is 15.1. The fourth-order valence-electron chi connectivity index (χ4n) is 8.94. The predicted molar refractivity (Wildman–Crippen MR) is 194 cm³/mol. The number of hydrogen-bond acceptors (Lipinski definition) is 11. The third-order valence-corrected chi connectivity index (χ3v) is 11.6. The summed E-state index contributed by atoms with van der Waals surface area (Å²) in [5, 5.41) is 10.9.